The summed E-state index contributed by atoms with van der Waals surface area (Å²) in [4.78, 5) is 29.5. The van der Waals surface area contributed by atoms with Gasteiger partial charge in [-0.25, -0.2) is 0 Å². The van der Waals surface area contributed by atoms with Gasteiger partial charge in [0.2, 0.25) is 11.8 Å². The highest BCUT2D eigenvalue weighted by atomic mass is 35.5. The average Bonchev–Trinajstić information content (AvgIpc) is 2.59. The Hall–Kier alpha value is -1.59. The third-order valence-corrected chi connectivity index (χ3v) is 5.82. The molecule has 2 aliphatic rings. The van der Waals surface area contributed by atoms with Crippen molar-refractivity contribution in [3.8, 4) is 0 Å². The molecule has 1 unspecified atom stereocenters. The van der Waals surface area contributed by atoms with Crippen LogP contribution in [0.2, 0.25) is 0 Å². The average molecular weight is 380 g/mol. The Balaban J connectivity index is 0.00000243. The quantitative estimate of drug-likeness (QED) is 0.869. The molecule has 0 saturated carbocycles. The van der Waals surface area contributed by atoms with Crippen LogP contribution in [0, 0.1) is 11.8 Å². The highest BCUT2D eigenvalue weighted by Crippen LogP contribution is 2.26. The molecular weight excluding hydrogens is 350 g/mol. The van der Waals surface area contributed by atoms with Gasteiger partial charge in [0.25, 0.3) is 0 Å². The molecule has 0 aliphatic carbocycles. The number of piperazine rings is 1. The Morgan fingerprint density at radius 3 is 2.08 bits per heavy atom. The van der Waals surface area contributed by atoms with E-state index in [0.717, 1.165) is 18.7 Å². The number of halogens is 1. The monoisotopic (exact) mass is 379 g/mol. The van der Waals surface area contributed by atoms with Crippen LogP contribution in [0.5, 0.6) is 0 Å². The third-order valence-electron chi connectivity index (χ3n) is 5.82. The fourth-order valence-electron chi connectivity index (χ4n) is 3.66. The van der Waals surface area contributed by atoms with Gasteiger partial charge in [0.05, 0.1) is 5.41 Å². The van der Waals surface area contributed by atoms with Crippen LogP contribution in [0.4, 0.5) is 0 Å². The fraction of sp³-hybridized carbons (Fsp3) is 0.600. The molecule has 2 heterocycles. The van der Waals surface area contributed by atoms with E-state index in [-0.39, 0.29) is 30.1 Å². The molecule has 1 N–H and O–H groups in total. The topological polar surface area (TPSA) is 52.7 Å². The van der Waals surface area contributed by atoms with E-state index in [4.69, 9.17) is 0 Å². The van der Waals surface area contributed by atoms with Crippen molar-refractivity contribution >= 4 is 24.2 Å². The summed E-state index contributed by atoms with van der Waals surface area (Å²) in [7, 11) is 0. The van der Waals surface area contributed by atoms with E-state index in [1.165, 1.54) is 0 Å². The van der Waals surface area contributed by atoms with Crippen molar-refractivity contribution in [3.05, 3.63) is 35.9 Å². The van der Waals surface area contributed by atoms with Gasteiger partial charge in [0.15, 0.2) is 0 Å². The summed E-state index contributed by atoms with van der Waals surface area (Å²) in [5.41, 5.74) is 0.489. The maximum atomic E-state index is 13.0. The summed E-state index contributed by atoms with van der Waals surface area (Å²) in [5, 5.41) is 3.23. The molecule has 1 aromatic rings. The normalized spacial score (nSPS) is 19.3. The van der Waals surface area contributed by atoms with Crippen LogP contribution in [0.15, 0.2) is 30.3 Å². The van der Waals surface area contributed by atoms with Gasteiger partial charge in [-0.05, 0) is 38.4 Å². The van der Waals surface area contributed by atoms with Crippen molar-refractivity contribution in [2.75, 3.05) is 39.3 Å². The van der Waals surface area contributed by atoms with Crippen molar-refractivity contribution < 1.29 is 9.59 Å². The lowest BCUT2D eigenvalue weighted by atomic mass is 9.83. The lowest BCUT2D eigenvalue weighted by Gasteiger charge is -2.41. The van der Waals surface area contributed by atoms with Gasteiger partial charge in [-0.3, -0.25) is 9.59 Å². The molecule has 0 bridgehead atoms. The molecule has 2 aliphatic heterocycles. The number of benzene rings is 1. The van der Waals surface area contributed by atoms with E-state index in [9.17, 15) is 9.59 Å². The predicted octanol–water partition coefficient (Wildman–Crippen LogP) is 1.91. The Labute approximate surface area is 162 Å². The largest absolute Gasteiger partial charge is 0.339 e. The summed E-state index contributed by atoms with van der Waals surface area (Å²) < 4.78 is 0. The van der Waals surface area contributed by atoms with Gasteiger partial charge < -0.3 is 15.1 Å². The molecule has 0 spiro atoms. The molecule has 2 amide bonds. The first-order chi connectivity index (χ1) is 11.9. The smallest absolute Gasteiger partial charge is 0.232 e. The molecule has 144 valence electrons. The maximum Gasteiger partial charge on any atom is 0.232 e. The lowest BCUT2D eigenvalue weighted by Crippen LogP contribution is -2.57. The molecule has 2 saturated heterocycles. The van der Waals surface area contributed by atoms with Crippen molar-refractivity contribution in [3.63, 3.8) is 0 Å². The van der Waals surface area contributed by atoms with Crippen molar-refractivity contribution in [1.29, 1.82) is 0 Å². The molecule has 3 rings (SSSR count). The Morgan fingerprint density at radius 1 is 1.04 bits per heavy atom. The summed E-state index contributed by atoms with van der Waals surface area (Å²) >= 11 is 0. The van der Waals surface area contributed by atoms with Gasteiger partial charge in [-0.1, -0.05) is 37.3 Å². The van der Waals surface area contributed by atoms with E-state index in [1.807, 2.05) is 60.9 Å². The van der Waals surface area contributed by atoms with E-state index in [2.05, 4.69) is 5.32 Å². The number of amides is 2. The Kier molecular flexibility index (Phi) is 6.69. The number of nitrogens with one attached hydrogen (secondary N) is 1. The van der Waals surface area contributed by atoms with E-state index < -0.39 is 5.41 Å². The fourth-order valence-corrected chi connectivity index (χ4v) is 3.66. The lowest BCUT2D eigenvalue weighted by molar-refractivity contribution is -0.145. The zero-order valence-electron chi connectivity index (χ0n) is 15.9. The molecule has 6 heteroatoms. The van der Waals surface area contributed by atoms with Crippen LogP contribution in [-0.4, -0.2) is 60.9 Å². The van der Waals surface area contributed by atoms with E-state index in [1.54, 1.807) is 0 Å². The highest BCUT2D eigenvalue weighted by Gasteiger charge is 2.37. The zero-order chi connectivity index (χ0) is 18.0. The van der Waals surface area contributed by atoms with Gasteiger partial charge in [0, 0.05) is 32.1 Å². The minimum absolute atomic E-state index is 0. The predicted molar refractivity (Wildman–Crippen MR) is 105 cm³/mol. The first-order valence-corrected chi connectivity index (χ1v) is 9.25. The maximum absolute atomic E-state index is 13.0. The van der Waals surface area contributed by atoms with Crippen LogP contribution in [-0.2, 0) is 15.0 Å². The molecule has 0 aromatic heterocycles. The minimum Gasteiger partial charge on any atom is -0.339 e. The molecule has 26 heavy (non-hydrogen) atoms. The standard InChI is InChI=1S/C20H29N3O2.ClH/c1-15(16-13-21-14-16)18(24)22-9-11-23(12-10-22)19(25)20(2,3)17-7-5-4-6-8-17;/h4-8,15-16,21H,9-14H2,1-3H3;1H. The van der Waals surface area contributed by atoms with Crippen LogP contribution in [0.1, 0.15) is 26.3 Å². The van der Waals surface area contributed by atoms with Crippen LogP contribution in [0.25, 0.3) is 0 Å². The molecule has 1 aromatic carbocycles. The molecule has 5 nitrogen and oxygen atoms in total. The zero-order valence-corrected chi connectivity index (χ0v) is 16.7. The first-order valence-electron chi connectivity index (χ1n) is 9.25. The summed E-state index contributed by atoms with van der Waals surface area (Å²) in [5.74, 6) is 0.913. The van der Waals surface area contributed by atoms with Gasteiger partial charge in [-0.2, -0.15) is 0 Å². The number of carbonyl (C=O) groups is 2. The van der Waals surface area contributed by atoms with Crippen molar-refractivity contribution in [2.24, 2.45) is 11.8 Å². The highest BCUT2D eigenvalue weighted by molar-refractivity contribution is 5.88. The second kappa shape index (κ2) is 8.40. The second-order valence-electron chi connectivity index (χ2n) is 7.82. The molecular formula is C20H30ClN3O2. The van der Waals surface area contributed by atoms with Gasteiger partial charge in [0.1, 0.15) is 0 Å². The summed E-state index contributed by atoms with van der Waals surface area (Å²) in [6, 6.07) is 9.92. The number of nitrogens with zero attached hydrogens (tertiary/aromatic N) is 2. The molecule has 2 fully saturated rings. The molecule has 1 atom stereocenters. The van der Waals surface area contributed by atoms with Crippen LogP contribution in [0.3, 0.4) is 0 Å². The minimum atomic E-state index is -0.543. The van der Waals surface area contributed by atoms with Crippen molar-refractivity contribution in [1.82, 2.24) is 15.1 Å². The summed E-state index contributed by atoms with van der Waals surface area (Å²) in [6.07, 6.45) is 0. The number of rotatable bonds is 4. The molecule has 0 radical (unpaired) electrons. The van der Waals surface area contributed by atoms with Gasteiger partial charge >= 0.3 is 0 Å². The number of carbonyl (C=O) groups excluding carboxylic acids is 2. The summed E-state index contributed by atoms with van der Waals surface area (Å²) in [6.45, 7) is 10.4. The SMILES string of the molecule is CC(C(=O)N1CCN(C(=O)C(C)(C)c2ccccc2)CC1)C1CNC1.Cl. The Bertz CT molecular complexity index is 623. The van der Waals surface area contributed by atoms with Crippen LogP contribution >= 0.6 is 12.4 Å². The number of hydrogen-bond acceptors (Lipinski definition) is 3. The second-order valence-corrected chi connectivity index (χ2v) is 7.82. The third kappa shape index (κ3) is 4.04. The van der Waals surface area contributed by atoms with Crippen molar-refractivity contribution in [2.45, 2.75) is 26.2 Å². The first kappa shape index (κ1) is 20.7. The Morgan fingerprint density at radius 2 is 1.58 bits per heavy atom. The van der Waals surface area contributed by atoms with E-state index >= 15 is 0 Å². The van der Waals surface area contributed by atoms with Gasteiger partial charge in [-0.15, -0.1) is 12.4 Å². The number of hydrogen-bond donors (Lipinski definition) is 1. The van der Waals surface area contributed by atoms with Crippen LogP contribution < -0.4 is 5.32 Å². The van der Waals surface area contributed by atoms with E-state index in [0.29, 0.717) is 32.1 Å².